The number of nitrogens with zero attached hydrogens (tertiary/aromatic N) is 3. The van der Waals surface area contributed by atoms with E-state index in [-0.39, 0.29) is 17.1 Å². The number of nitrogen functional groups attached to an aromatic ring is 1. The number of aromatic amines is 1. The van der Waals surface area contributed by atoms with Crippen LogP contribution in [-0.2, 0) is 13.8 Å². The topological polar surface area (TPSA) is 206 Å². The molecule has 14 heteroatoms. The standard InChI is InChI=1S/C10H14N5O8P/c11-10-13-7-4(8(18)14-10)12-2-15(7)9-6(17)5(16)3(23-9)1-22-24(19,20)21/h2-3,5-6,9,16-17H,1H2,(H2,19,20,21)(H3,11,13,14,18)/t3-,5-,6-,9-/m1/s1/i2T. The van der Waals surface area contributed by atoms with Crippen molar-refractivity contribution in [1.29, 1.82) is 0 Å². The van der Waals surface area contributed by atoms with Crippen LogP contribution in [0.15, 0.2) is 11.1 Å². The van der Waals surface area contributed by atoms with Crippen LogP contribution in [-0.4, -0.2) is 64.4 Å². The summed E-state index contributed by atoms with van der Waals surface area (Å²) in [5.74, 6) is -0.256. The van der Waals surface area contributed by atoms with Gasteiger partial charge in [0, 0.05) is 0 Å². The second-order valence-electron chi connectivity index (χ2n) is 5.04. The van der Waals surface area contributed by atoms with Crippen LogP contribution in [0.5, 0.6) is 0 Å². The van der Waals surface area contributed by atoms with Gasteiger partial charge >= 0.3 is 7.82 Å². The van der Waals surface area contributed by atoms with Gasteiger partial charge in [-0.25, -0.2) is 9.55 Å². The van der Waals surface area contributed by atoms with E-state index in [9.17, 15) is 19.6 Å². The minimum atomic E-state index is -4.81. The zero-order valence-electron chi connectivity index (χ0n) is 12.8. The van der Waals surface area contributed by atoms with E-state index < -0.39 is 50.8 Å². The lowest BCUT2D eigenvalue weighted by Gasteiger charge is -2.16. The molecule has 132 valence electrons. The number of fused-ring (bicyclic) bond motifs is 1. The van der Waals surface area contributed by atoms with Crippen molar-refractivity contribution >= 4 is 24.9 Å². The van der Waals surface area contributed by atoms with E-state index in [1.807, 2.05) is 0 Å². The van der Waals surface area contributed by atoms with Gasteiger partial charge in [-0.15, -0.1) is 0 Å². The van der Waals surface area contributed by atoms with Crippen molar-refractivity contribution in [3.63, 3.8) is 0 Å². The number of rotatable bonds is 4. The summed E-state index contributed by atoms with van der Waals surface area (Å²) >= 11 is 0. The molecule has 0 unspecified atom stereocenters. The predicted molar refractivity (Wildman–Crippen MR) is 76.5 cm³/mol. The van der Waals surface area contributed by atoms with Crippen LogP contribution >= 0.6 is 7.82 Å². The molecular formula is C10H14N5O8P. The Morgan fingerprint density at radius 3 is 2.88 bits per heavy atom. The molecule has 1 fully saturated rings. The molecular weight excluding hydrogens is 349 g/mol. The highest BCUT2D eigenvalue weighted by molar-refractivity contribution is 7.46. The number of imidazole rings is 1. The average Bonchev–Trinajstić information content (AvgIpc) is 2.95. The lowest BCUT2D eigenvalue weighted by atomic mass is 10.1. The lowest BCUT2D eigenvalue weighted by Crippen LogP contribution is -2.33. The van der Waals surface area contributed by atoms with Gasteiger partial charge in [-0.05, 0) is 0 Å². The fourth-order valence-electron chi connectivity index (χ4n) is 2.32. The Balaban J connectivity index is 1.97. The summed E-state index contributed by atoms with van der Waals surface area (Å²) in [6.45, 7) is -0.713. The number of nitrogens with one attached hydrogen (secondary N) is 1. The van der Waals surface area contributed by atoms with Gasteiger partial charge in [0.2, 0.25) is 5.95 Å². The van der Waals surface area contributed by atoms with E-state index in [4.69, 9.17) is 21.6 Å². The average molecular weight is 365 g/mol. The normalized spacial score (nSPS) is 28.4. The first-order valence-electron chi connectivity index (χ1n) is 7.04. The second kappa shape index (κ2) is 5.89. The number of aliphatic hydroxyl groups is 2. The molecule has 3 rings (SSSR count). The van der Waals surface area contributed by atoms with E-state index in [0.717, 1.165) is 4.57 Å². The summed E-state index contributed by atoms with van der Waals surface area (Å²) in [5.41, 5.74) is 4.38. The van der Waals surface area contributed by atoms with Crippen molar-refractivity contribution in [1.82, 2.24) is 19.5 Å². The van der Waals surface area contributed by atoms with Crippen molar-refractivity contribution < 1.29 is 35.2 Å². The van der Waals surface area contributed by atoms with Crippen LogP contribution in [0.4, 0.5) is 5.95 Å². The van der Waals surface area contributed by atoms with E-state index in [1.54, 1.807) is 0 Å². The first-order valence-corrected chi connectivity index (χ1v) is 8.07. The van der Waals surface area contributed by atoms with E-state index in [0.29, 0.717) is 0 Å². The van der Waals surface area contributed by atoms with Gasteiger partial charge in [-0.1, -0.05) is 0 Å². The van der Waals surface area contributed by atoms with Crippen LogP contribution in [0.2, 0.25) is 0 Å². The molecule has 0 aliphatic carbocycles. The third-order valence-corrected chi connectivity index (χ3v) is 3.88. The first-order chi connectivity index (χ1) is 11.6. The molecule has 24 heavy (non-hydrogen) atoms. The maximum absolute atomic E-state index is 11.8. The molecule has 0 saturated carbocycles. The predicted octanol–water partition coefficient (Wildman–Crippen LogP) is -2.57. The Labute approximate surface area is 134 Å². The van der Waals surface area contributed by atoms with Crippen molar-refractivity contribution in [3.8, 4) is 0 Å². The molecule has 0 aromatic carbocycles. The summed E-state index contributed by atoms with van der Waals surface area (Å²) in [4.78, 5) is 39.0. The second-order valence-corrected chi connectivity index (χ2v) is 6.28. The number of aliphatic hydroxyl groups excluding tert-OH is 2. The number of anilines is 1. The van der Waals surface area contributed by atoms with Gasteiger partial charge in [-0.3, -0.25) is 18.9 Å². The summed E-state index contributed by atoms with van der Waals surface area (Å²) in [7, 11) is -4.81. The molecule has 0 bridgehead atoms. The van der Waals surface area contributed by atoms with Crippen LogP contribution in [0.3, 0.4) is 0 Å². The molecule has 13 nitrogen and oxygen atoms in total. The smallest absolute Gasteiger partial charge is 0.387 e. The molecule has 1 aliphatic heterocycles. The quantitative estimate of drug-likeness (QED) is 0.310. The minimum absolute atomic E-state index is 0.154. The molecule has 7 N–H and O–H groups in total. The third kappa shape index (κ3) is 3.06. The van der Waals surface area contributed by atoms with E-state index in [1.165, 1.54) is 0 Å². The maximum atomic E-state index is 11.8. The molecule has 2 aromatic heterocycles. The number of phosphoric acid groups is 1. The van der Waals surface area contributed by atoms with E-state index in [2.05, 4.69) is 19.5 Å². The minimum Gasteiger partial charge on any atom is -0.387 e. The first kappa shape index (κ1) is 15.7. The highest BCUT2D eigenvalue weighted by Gasteiger charge is 2.45. The Morgan fingerprint density at radius 1 is 1.50 bits per heavy atom. The summed E-state index contributed by atoms with van der Waals surface area (Å²) in [6.07, 6.45) is -6.37. The Kier molecular flexibility index (Phi) is 3.85. The number of hydrogen-bond acceptors (Lipinski definition) is 9. The molecule has 3 heterocycles. The maximum Gasteiger partial charge on any atom is 0.469 e. The van der Waals surface area contributed by atoms with Crippen molar-refractivity contribution in [3.05, 3.63) is 16.7 Å². The monoisotopic (exact) mass is 365 g/mol. The number of nitrogens with two attached hydrogens (primary N) is 1. The van der Waals surface area contributed by atoms with Crippen molar-refractivity contribution in [2.24, 2.45) is 0 Å². The molecule has 4 atom stereocenters. The largest absolute Gasteiger partial charge is 0.469 e. The highest BCUT2D eigenvalue weighted by atomic mass is 31.2. The molecule has 1 saturated heterocycles. The van der Waals surface area contributed by atoms with Gasteiger partial charge < -0.3 is 30.5 Å². The summed E-state index contributed by atoms with van der Waals surface area (Å²) in [5, 5.41) is 20.1. The van der Waals surface area contributed by atoms with Gasteiger partial charge in [0.15, 0.2) is 17.4 Å². The number of H-pyrrole nitrogens is 1. The number of ether oxygens (including phenoxy) is 1. The highest BCUT2D eigenvalue weighted by Crippen LogP contribution is 2.38. The zero-order chi connectivity index (χ0) is 18.5. The van der Waals surface area contributed by atoms with Crippen molar-refractivity contribution in [2.75, 3.05) is 12.3 Å². The fraction of sp³-hybridized carbons (Fsp3) is 0.500. The van der Waals surface area contributed by atoms with Gasteiger partial charge in [0.25, 0.3) is 5.56 Å². The zero-order valence-corrected chi connectivity index (χ0v) is 12.7. The van der Waals surface area contributed by atoms with Gasteiger partial charge in [-0.2, -0.15) is 4.98 Å². The molecule has 0 amide bonds. The van der Waals surface area contributed by atoms with Crippen LogP contribution in [0, 0.1) is 0 Å². The Morgan fingerprint density at radius 2 is 2.21 bits per heavy atom. The Hall–Kier alpha value is -1.86. The Bertz CT molecular complexity index is 911. The molecule has 2 aromatic rings. The molecule has 0 radical (unpaired) electrons. The number of aromatic nitrogens is 4. The molecule has 1 aliphatic rings. The number of hydrogen-bond donors (Lipinski definition) is 6. The van der Waals surface area contributed by atoms with Crippen LogP contribution < -0.4 is 11.3 Å². The van der Waals surface area contributed by atoms with Crippen molar-refractivity contribution in [2.45, 2.75) is 24.5 Å². The van der Waals surface area contributed by atoms with Gasteiger partial charge in [0.1, 0.15) is 19.7 Å². The molecule has 0 spiro atoms. The summed E-state index contributed by atoms with van der Waals surface area (Å²) in [6, 6.07) is 0. The van der Waals surface area contributed by atoms with Crippen LogP contribution in [0.25, 0.3) is 11.2 Å². The fourth-order valence-corrected chi connectivity index (χ4v) is 2.66. The lowest BCUT2D eigenvalue weighted by molar-refractivity contribution is -0.0503. The SMILES string of the molecule is [3H]c1nc2c(=O)[nH]c(N)nc2n1[C@@H]1O[C@H](COP(=O)(O)O)[C@@H](O)[C@H]1O. The third-order valence-electron chi connectivity index (χ3n) is 3.39. The van der Waals surface area contributed by atoms with Gasteiger partial charge in [0.05, 0.1) is 12.9 Å². The van der Waals surface area contributed by atoms with E-state index >= 15 is 0 Å². The summed E-state index contributed by atoms with van der Waals surface area (Å²) < 4.78 is 29.1. The number of phosphoric ester groups is 1. The van der Waals surface area contributed by atoms with Crippen LogP contribution in [0.1, 0.15) is 7.60 Å².